The summed E-state index contributed by atoms with van der Waals surface area (Å²) in [6.45, 7) is 3.34. The molecule has 0 spiro atoms. The molecule has 2 aromatic carbocycles. The fourth-order valence-electron chi connectivity index (χ4n) is 2.04. The zero-order chi connectivity index (χ0) is 17.7. The van der Waals surface area contributed by atoms with Crippen LogP contribution in [0.1, 0.15) is 28.4 Å². The third-order valence-corrected chi connectivity index (χ3v) is 3.50. The number of methoxy groups -OCH3 is 1. The van der Waals surface area contributed by atoms with E-state index in [-0.39, 0.29) is 11.6 Å². The molecule has 0 aromatic heterocycles. The number of carbonyl (C=O) groups is 1. The Bertz CT molecular complexity index is 798. The van der Waals surface area contributed by atoms with Crippen molar-refractivity contribution in [2.45, 2.75) is 13.8 Å². The number of aryl methyl sites for hydroxylation is 1. The van der Waals surface area contributed by atoms with E-state index in [2.05, 4.69) is 10.5 Å². The second kappa shape index (κ2) is 7.36. The highest BCUT2D eigenvalue weighted by molar-refractivity contribution is 6.01. The summed E-state index contributed by atoms with van der Waals surface area (Å²) in [6, 6.07) is 11.4. The summed E-state index contributed by atoms with van der Waals surface area (Å²) >= 11 is 0. The highest BCUT2D eigenvalue weighted by Gasteiger charge is 2.12. The third-order valence-electron chi connectivity index (χ3n) is 3.50. The minimum absolute atomic E-state index is 0.0172. The number of benzene rings is 2. The van der Waals surface area contributed by atoms with Gasteiger partial charge in [-0.2, -0.15) is 5.10 Å². The number of hydrogen-bond acceptors (Lipinski definition) is 5. The Balaban J connectivity index is 2.14. The van der Waals surface area contributed by atoms with Gasteiger partial charge in [-0.3, -0.25) is 14.9 Å². The molecule has 124 valence electrons. The first-order chi connectivity index (χ1) is 11.4. The van der Waals surface area contributed by atoms with Gasteiger partial charge in [0.15, 0.2) is 0 Å². The fourth-order valence-corrected chi connectivity index (χ4v) is 2.04. The van der Waals surface area contributed by atoms with Crippen molar-refractivity contribution in [3.63, 3.8) is 0 Å². The number of nitrogens with one attached hydrogen (secondary N) is 1. The quantitative estimate of drug-likeness (QED) is 0.519. The molecule has 1 amide bonds. The topological polar surface area (TPSA) is 93.8 Å². The van der Waals surface area contributed by atoms with Crippen molar-refractivity contribution in [1.29, 1.82) is 0 Å². The number of hydrazone groups is 1. The van der Waals surface area contributed by atoms with Crippen LogP contribution in [0.5, 0.6) is 5.75 Å². The number of nitro groups is 1. The monoisotopic (exact) mass is 327 g/mol. The van der Waals surface area contributed by atoms with Gasteiger partial charge in [0.05, 0.1) is 17.7 Å². The zero-order valence-corrected chi connectivity index (χ0v) is 13.6. The standard InChI is InChI=1S/C17H17N3O4/c1-11-4-5-14(10-16(11)20(22)23)12(2)18-19-17(21)13-6-8-15(24-3)9-7-13/h4-10H,1-3H3,(H,19,21)/b18-12-. The first-order valence-corrected chi connectivity index (χ1v) is 7.16. The lowest BCUT2D eigenvalue weighted by Gasteiger charge is -2.05. The number of carbonyl (C=O) groups excluding carboxylic acids is 1. The van der Waals surface area contributed by atoms with Gasteiger partial charge in [-0.15, -0.1) is 0 Å². The Morgan fingerprint density at radius 3 is 2.38 bits per heavy atom. The van der Waals surface area contributed by atoms with E-state index in [0.29, 0.717) is 28.2 Å². The van der Waals surface area contributed by atoms with Crippen LogP contribution in [0.25, 0.3) is 0 Å². The third kappa shape index (κ3) is 3.95. The van der Waals surface area contributed by atoms with E-state index in [1.165, 1.54) is 6.07 Å². The van der Waals surface area contributed by atoms with Crippen LogP contribution in [0.15, 0.2) is 47.6 Å². The van der Waals surface area contributed by atoms with Crippen molar-refractivity contribution in [3.8, 4) is 5.75 Å². The number of hydrogen-bond donors (Lipinski definition) is 1. The molecule has 0 aliphatic heterocycles. The van der Waals surface area contributed by atoms with E-state index in [1.807, 2.05) is 0 Å². The minimum atomic E-state index is -0.442. The second-order valence-corrected chi connectivity index (χ2v) is 5.13. The molecule has 0 atom stereocenters. The molecule has 2 aromatic rings. The van der Waals surface area contributed by atoms with Crippen molar-refractivity contribution in [2.75, 3.05) is 7.11 Å². The first-order valence-electron chi connectivity index (χ1n) is 7.16. The molecule has 0 fully saturated rings. The molecule has 0 saturated heterocycles. The highest BCUT2D eigenvalue weighted by Crippen LogP contribution is 2.19. The van der Waals surface area contributed by atoms with Crippen LogP contribution >= 0.6 is 0 Å². The normalized spacial score (nSPS) is 11.0. The summed E-state index contributed by atoms with van der Waals surface area (Å²) in [7, 11) is 1.55. The lowest BCUT2D eigenvalue weighted by atomic mass is 10.1. The van der Waals surface area contributed by atoms with Gasteiger partial charge in [0.25, 0.3) is 11.6 Å². The number of amides is 1. The van der Waals surface area contributed by atoms with Crippen LogP contribution in [0.4, 0.5) is 5.69 Å². The van der Waals surface area contributed by atoms with E-state index in [4.69, 9.17) is 4.74 Å². The molecule has 0 saturated carbocycles. The highest BCUT2D eigenvalue weighted by atomic mass is 16.6. The van der Waals surface area contributed by atoms with Crippen molar-refractivity contribution >= 4 is 17.3 Å². The van der Waals surface area contributed by atoms with Crippen LogP contribution in [0.2, 0.25) is 0 Å². The number of nitro benzene ring substituents is 1. The molecule has 0 radical (unpaired) electrons. The van der Waals surface area contributed by atoms with E-state index in [9.17, 15) is 14.9 Å². The lowest BCUT2D eigenvalue weighted by Crippen LogP contribution is -2.19. The Labute approximate surface area is 139 Å². The molecule has 2 rings (SSSR count). The van der Waals surface area contributed by atoms with Crippen molar-refractivity contribution in [3.05, 3.63) is 69.3 Å². The van der Waals surface area contributed by atoms with Crippen LogP contribution in [-0.4, -0.2) is 23.7 Å². The average molecular weight is 327 g/mol. The van der Waals surface area contributed by atoms with Crippen molar-refractivity contribution in [1.82, 2.24) is 5.43 Å². The summed E-state index contributed by atoms with van der Waals surface area (Å²) in [5, 5.41) is 15.0. The Morgan fingerprint density at radius 2 is 1.79 bits per heavy atom. The maximum atomic E-state index is 12.0. The minimum Gasteiger partial charge on any atom is -0.497 e. The Morgan fingerprint density at radius 1 is 1.17 bits per heavy atom. The fraction of sp³-hybridized carbons (Fsp3) is 0.176. The van der Waals surface area contributed by atoms with Crippen LogP contribution in [-0.2, 0) is 0 Å². The molecular formula is C17H17N3O4. The number of nitrogens with zero attached hydrogens (tertiary/aromatic N) is 2. The molecule has 0 bridgehead atoms. The largest absolute Gasteiger partial charge is 0.497 e. The number of ether oxygens (including phenoxy) is 1. The first kappa shape index (κ1) is 17.1. The predicted molar refractivity (Wildman–Crippen MR) is 90.5 cm³/mol. The van der Waals surface area contributed by atoms with E-state index < -0.39 is 4.92 Å². The molecule has 0 heterocycles. The van der Waals surface area contributed by atoms with Gasteiger partial charge in [-0.1, -0.05) is 12.1 Å². The van der Waals surface area contributed by atoms with Gasteiger partial charge in [-0.25, -0.2) is 5.43 Å². The summed E-state index contributed by atoms with van der Waals surface area (Å²) in [4.78, 5) is 22.6. The second-order valence-electron chi connectivity index (χ2n) is 5.13. The Hall–Kier alpha value is -3.22. The maximum absolute atomic E-state index is 12.0. The van der Waals surface area contributed by atoms with Crippen molar-refractivity contribution in [2.24, 2.45) is 5.10 Å². The average Bonchev–Trinajstić information content (AvgIpc) is 2.59. The predicted octanol–water partition coefficient (Wildman–Crippen LogP) is 3.07. The summed E-state index contributed by atoms with van der Waals surface area (Å²) < 4.78 is 5.03. The zero-order valence-electron chi connectivity index (χ0n) is 13.6. The molecule has 0 aliphatic carbocycles. The molecule has 7 heteroatoms. The molecule has 24 heavy (non-hydrogen) atoms. The lowest BCUT2D eigenvalue weighted by molar-refractivity contribution is -0.385. The van der Waals surface area contributed by atoms with Crippen LogP contribution in [0.3, 0.4) is 0 Å². The van der Waals surface area contributed by atoms with Crippen molar-refractivity contribution < 1.29 is 14.5 Å². The maximum Gasteiger partial charge on any atom is 0.272 e. The molecule has 0 unspecified atom stereocenters. The van der Waals surface area contributed by atoms with Gasteiger partial charge in [-0.05, 0) is 38.1 Å². The summed E-state index contributed by atoms with van der Waals surface area (Å²) in [6.07, 6.45) is 0. The van der Waals surface area contributed by atoms with E-state index in [0.717, 1.165) is 0 Å². The molecule has 0 aliphatic rings. The van der Waals surface area contributed by atoms with Gasteiger partial charge < -0.3 is 4.74 Å². The van der Waals surface area contributed by atoms with Gasteiger partial charge >= 0.3 is 0 Å². The molecule has 7 nitrogen and oxygen atoms in total. The van der Waals surface area contributed by atoms with Gasteiger partial charge in [0.1, 0.15) is 5.75 Å². The Kier molecular flexibility index (Phi) is 5.26. The summed E-state index contributed by atoms with van der Waals surface area (Å²) in [5.74, 6) is 0.275. The van der Waals surface area contributed by atoms with Crippen LogP contribution in [0, 0.1) is 17.0 Å². The van der Waals surface area contributed by atoms with Gasteiger partial charge in [0.2, 0.25) is 0 Å². The van der Waals surface area contributed by atoms with E-state index >= 15 is 0 Å². The van der Waals surface area contributed by atoms with E-state index in [1.54, 1.807) is 57.4 Å². The number of rotatable bonds is 5. The van der Waals surface area contributed by atoms with Crippen LogP contribution < -0.4 is 10.2 Å². The SMILES string of the molecule is COc1ccc(C(=O)N/N=C(/C)c2ccc(C)c([N+](=O)[O-])c2)cc1. The molecular weight excluding hydrogens is 310 g/mol. The van der Waals surface area contributed by atoms with Gasteiger partial charge in [0, 0.05) is 22.8 Å². The molecule has 1 N–H and O–H groups in total. The smallest absolute Gasteiger partial charge is 0.272 e. The summed E-state index contributed by atoms with van der Waals surface area (Å²) in [5.41, 5.74) is 4.50.